The Hall–Kier alpha value is -0.990. The van der Waals surface area contributed by atoms with Crippen molar-refractivity contribution in [2.24, 2.45) is 0 Å². The summed E-state index contributed by atoms with van der Waals surface area (Å²) >= 11 is 1.50. The molecule has 5 nitrogen and oxygen atoms in total. The fourth-order valence-corrected chi connectivity index (χ4v) is 4.96. The van der Waals surface area contributed by atoms with Gasteiger partial charge in [0.2, 0.25) is 10.0 Å². The highest BCUT2D eigenvalue weighted by Gasteiger charge is 2.23. The van der Waals surface area contributed by atoms with Crippen LogP contribution in [0.25, 0.3) is 10.1 Å². The quantitative estimate of drug-likeness (QED) is 0.761. The molecule has 1 heterocycles. The lowest BCUT2D eigenvalue weighted by molar-refractivity contribution is 0.204. The van der Waals surface area contributed by atoms with Crippen LogP contribution in [0.4, 0.5) is 0 Å². The van der Waals surface area contributed by atoms with Gasteiger partial charge in [0.05, 0.1) is 6.61 Å². The highest BCUT2D eigenvalue weighted by molar-refractivity contribution is 7.90. The highest BCUT2D eigenvalue weighted by Crippen LogP contribution is 2.34. The van der Waals surface area contributed by atoms with Crippen LogP contribution in [0.15, 0.2) is 29.2 Å². The molecule has 20 heavy (non-hydrogen) atoms. The van der Waals surface area contributed by atoms with E-state index in [9.17, 15) is 8.42 Å². The molecule has 0 spiro atoms. The molecule has 1 aromatic carbocycles. The number of benzene rings is 1. The molecular formula is C13H18N2O3S2. The summed E-state index contributed by atoms with van der Waals surface area (Å²) in [6.45, 7) is 1.14. The lowest BCUT2D eigenvalue weighted by Crippen LogP contribution is -2.28. The van der Waals surface area contributed by atoms with E-state index in [1.54, 1.807) is 14.2 Å². The molecule has 110 valence electrons. The van der Waals surface area contributed by atoms with E-state index in [2.05, 4.69) is 10.0 Å². The maximum Gasteiger partial charge on any atom is 0.242 e. The molecule has 7 heteroatoms. The molecule has 2 rings (SSSR count). The number of sulfonamides is 1. The Morgan fingerprint density at radius 2 is 2.05 bits per heavy atom. The molecule has 2 aromatic rings. The zero-order valence-corrected chi connectivity index (χ0v) is 13.1. The zero-order chi connectivity index (χ0) is 14.6. The molecule has 0 fully saturated rings. The van der Waals surface area contributed by atoms with Gasteiger partial charge in [0.1, 0.15) is 4.90 Å². The van der Waals surface area contributed by atoms with Crippen molar-refractivity contribution in [2.45, 2.75) is 11.4 Å². The van der Waals surface area contributed by atoms with E-state index >= 15 is 0 Å². The van der Waals surface area contributed by atoms with Crippen LogP contribution in [0.2, 0.25) is 0 Å². The summed E-state index contributed by atoms with van der Waals surface area (Å²) in [6, 6.07) is 7.55. The molecule has 0 radical (unpaired) electrons. The first-order valence-corrected chi connectivity index (χ1v) is 8.53. The normalized spacial score (nSPS) is 12.1. The largest absolute Gasteiger partial charge is 0.383 e. The first kappa shape index (κ1) is 15.4. The van der Waals surface area contributed by atoms with Crippen LogP contribution in [0.1, 0.15) is 4.88 Å². The Morgan fingerprint density at radius 1 is 1.30 bits per heavy atom. The Bertz CT molecular complexity index is 680. The van der Waals surface area contributed by atoms with E-state index in [1.807, 2.05) is 24.3 Å². The van der Waals surface area contributed by atoms with Gasteiger partial charge in [-0.05, 0) is 13.1 Å². The van der Waals surface area contributed by atoms with Crippen molar-refractivity contribution in [3.05, 3.63) is 29.1 Å². The fourth-order valence-electron chi connectivity index (χ4n) is 1.99. The molecule has 0 saturated carbocycles. The molecule has 0 aliphatic heterocycles. The maximum atomic E-state index is 12.5. The maximum absolute atomic E-state index is 12.5. The Balaban J connectivity index is 2.47. The van der Waals surface area contributed by atoms with Crippen LogP contribution in [0.3, 0.4) is 0 Å². The topological polar surface area (TPSA) is 67.4 Å². The third kappa shape index (κ3) is 3.18. The van der Waals surface area contributed by atoms with Crippen LogP contribution in [0.5, 0.6) is 0 Å². The highest BCUT2D eigenvalue weighted by atomic mass is 32.2. The number of rotatable bonds is 7. The van der Waals surface area contributed by atoms with Gasteiger partial charge < -0.3 is 10.1 Å². The van der Waals surface area contributed by atoms with Gasteiger partial charge in [-0.1, -0.05) is 18.2 Å². The first-order chi connectivity index (χ1) is 9.60. The summed E-state index contributed by atoms with van der Waals surface area (Å²) in [4.78, 5) is 1.20. The number of ether oxygens (including phenoxy) is 1. The van der Waals surface area contributed by atoms with E-state index < -0.39 is 10.0 Å². The lowest BCUT2D eigenvalue weighted by Gasteiger charge is -2.08. The number of hydrogen-bond donors (Lipinski definition) is 2. The second-order valence-corrected chi connectivity index (χ2v) is 7.11. The van der Waals surface area contributed by atoms with Gasteiger partial charge in [0.25, 0.3) is 0 Å². The van der Waals surface area contributed by atoms with E-state index in [1.165, 1.54) is 11.3 Å². The molecule has 0 aliphatic carbocycles. The van der Waals surface area contributed by atoms with E-state index in [-0.39, 0.29) is 6.54 Å². The third-order valence-electron chi connectivity index (χ3n) is 2.82. The van der Waals surface area contributed by atoms with Gasteiger partial charge >= 0.3 is 0 Å². The summed E-state index contributed by atoms with van der Waals surface area (Å²) in [5.41, 5.74) is 0. The van der Waals surface area contributed by atoms with Crippen LogP contribution in [0, 0.1) is 0 Å². The van der Waals surface area contributed by atoms with Crippen LogP contribution < -0.4 is 10.0 Å². The van der Waals surface area contributed by atoms with E-state index in [0.717, 1.165) is 15.0 Å². The Kier molecular flexibility index (Phi) is 5.11. The van der Waals surface area contributed by atoms with Gasteiger partial charge in [-0.25, -0.2) is 13.1 Å². The summed E-state index contributed by atoms with van der Waals surface area (Å²) in [5, 5.41) is 3.79. The lowest BCUT2D eigenvalue weighted by atomic mass is 10.2. The molecule has 0 bridgehead atoms. The Morgan fingerprint density at radius 3 is 2.75 bits per heavy atom. The summed E-state index contributed by atoms with van der Waals surface area (Å²) in [7, 11) is -0.181. The van der Waals surface area contributed by atoms with E-state index in [4.69, 9.17) is 4.74 Å². The van der Waals surface area contributed by atoms with Crippen molar-refractivity contribution in [3.63, 3.8) is 0 Å². The minimum Gasteiger partial charge on any atom is -0.383 e. The molecule has 0 amide bonds. The van der Waals surface area contributed by atoms with Gasteiger partial charge in [0.15, 0.2) is 0 Å². The Labute approximate surface area is 123 Å². The summed E-state index contributed by atoms with van der Waals surface area (Å²) in [5.74, 6) is 0. The number of thiophene rings is 1. The molecule has 2 N–H and O–H groups in total. The number of methoxy groups -OCH3 is 1. The van der Waals surface area contributed by atoms with Gasteiger partial charge in [-0.15, -0.1) is 11.3 Å². The van der Waals surface area contributed by atoms with Gasteiger partial charge in [-0.3, -0.25) is 0 Å². The minimum absolute atomic E-state index is 0.266. The molecular weight excluding hydrogens is 296 g/mol. The predicted octanol–water partition coefficient (Wildman–Crippen LogP) is 1.55. The van der Waals surface area contributed by atoms with Crippen molar-refractivity contribution in [3.8, 4) is 0 Å². The minimum atomic E-state index is -3.53. The van der Waals surface area contributed by atoms with Crippen LogP contribution in [-0.4, -0.2) is 35.7 Å². The van der Waals surface area contributed by atoms with Crippen molar-refractivity contribution in [1.29, 1.82) is 0 Å². The SMILES string of the molecule is CNCc1sc2ccccc2c1S(=O)(=O)NCCOC. The van der Waals surface area contributed by atoms with Crippen molar-refractivity contribution in [1.82, 2.24) is 10.0 Å². The second kappa shape index (κ2) is 6.64. The number of hydrogen-bond acceptors (Lipinski definition) is 5. The number of fused-ring (bicyclic) bond motifs is 1. The first-order valence-electron chi connectivity index (χ1n) is 6.23. The van der Waals surface area contributed by atoms with Crippen molar-refractivity contribution in [2.75, 3.05) is 27.3 Å². The second-order valence-electron chi connectivity index (χ2n) is 4.27. The number of nitrogens with one attached hydrogen (secondary N) is 2. The van der Waals surface area contributed by atoms with Crippen molar-refractivity contribution < 1.29 is 13.2 Å². The summed E-state index contributed by atoms with van der Waals surface area (Å²) in [6.07, 6.45) is 0. The predicted molar refractivity (Wildman–Crippen MR) is 81.7 cm³/mol. The monoisotopic (exact) mass is 314 g/mol. The average Bonchev–Trinajstić information content (AvgIpc) is 2.78. The van der Waals surface area contributed by atoms with Gasteiger partial charge in [0, 0.05) is 35.2 Å². The standard InChI is InChI=1S/C13H18N2O3S2/c1-14-9-12-13(20(16,17)15-7-8-18-2)10-5-3-4-6-11(10)19-12/h3-6,14-15H,7-9H2,1-2H3. The fraction of sp³-hybridized carbons (Fsp3) is 0.385. The molecule has 1 aromatic heterocycles. The van der Waals surface area contributed by atoms with Gasteiger partial charge in [-0.2, -0.15) is 0 Å². The van der Waals surface area contributed by atoms with Crippen LogP contribution >= 0.6 is 11.3 Å². The average molecular weight is 314 g/mol. The molecule has 0 atom stereocenters. The molecule has 0 unspecified atom stereocenters. The van der Waals surface area contributed by atoms with E-state index in [0.29, 0.717) is 18.0 Å². The zero-order valence-electron chi connectivity index (χ0n) is 11.5. The van der Waals surface area contributed by atoms with Crippen LogP contribution in [-0.2, 0) is 21.3 Å². The molecule has 0 aliphatic rings. The van der Waals surface area contributed by atoms with Crippen molar-refractivity contribution >= 4 is 31.4 Å². The molecule has 0 saturated heterocycles. The smallest absolute Gasteiger partial charge is 0.242 e. The summed E-state index contributed by atoms with van der Waals surface area (Å²) < 4.78 is 33.4. The third-order valence-corrected chi connectivity index (χ3v) is 5.71.